The summed E-state index contributed by atoms with van der Waals surface area (Å²) in [5, 5.41) is 5.78. The Morgan fingerprint density at radius 1 is 1.14 bits per heavy atom. The monoisotopic (exact) mass is 503 g/mol. The summed E-state index contributed by atoms with van der Waals surface area (Å²) in [5.41, 5.74) is 5.91. The van der Waals surface area contributed by atoms with E-state index in [9.17, 15) is 9.59 Å². The van der Waals surface area contributed by atoms with Gasteiger partial charge in [-0.25, -0.2) is 9.79 Å². The van der Waals surface area contributed by atoms with E-state index in [2.05, 4.69) is 23.5 Å². The Labute approximate surface area is 217 Å². The summed E-state index contributed by atoms with van der Waals surface area (Å²) in [6.07, 6.45) is 1.06. The Balaban J connectivity index is 1.88. The molecule has 0 aliphatic carbocycles. The first-order valence-corrected chi connectivity index (χ1v) is 13.3. The van der Waals surface area contributed by atoms with Gasteiger partial charge in [-0.15, -0.1) is 0 Å². The van der Waals surface area contributed by atoms with Crippen LogP contribution >= 0.6 is 11.8 Å². The molecule has 2 aliphatic heterocycles. The van der Waals surface area contributed by atoms with Crippen LogP contribution in [0.5, 0.6) is 0 Å². The lowest BCUT2D eigenvalue weighted by Gasteiger charge is -2.37. The number of aryl methyl sites for hydroxylation is 2. The molecule has 6 nitrogen and oxygen atoms in total. The van der Waals surface area contributed by atoms with Crippen LogP contribution in [0.3, 0.4) is 0 Å². The number of rotatable bonds is 8. The Kier molecular flexibility index (Phi) is 7.99. The van der Waals surface area contributed by atoms with E-state index < -0.39 is 12.0 Å². The lowest BCUT2D eigenvalue weighted by molar-refractivity contribution is -0.139. The van der Waals surface area contributed by atoms with Crippen molar-refractivity contribution in [3.63, 3.8) is 0 Å². The molecule has 0 spiro atoms. The van der Waals surface area contributed by atoms with E-state index in [4.69, 9.17) is 9.73 Å². The molecular weight excluding hydrogens is 470 g/mol. The van der Waals surface area contributed by atoms with Crippen LogP contribution in [0.2, 0.25) is 0 Å². The minimum Gasteiger partial charge on any atom is -0.463 e. The van der Waals surface area contributed by atoms with Gasteiger partial charge in [-0.2, -0.15) is 0 Å². The number of aliphatic imine (C=N–C) groups is 1. The van der Waals surface area contributed by atoms with Crippen molar-refractivity contribution in [2.24, 2.45) is 4.99 Å². The molecule has 0 fully saturated rings. The molecule has 2 aromatic carbocycles. The van der Waals surface area contributed by atoms with Gasteiger partial charge in [0.05, 0.1) is 30.3 Å². The SMILES string of the molecule is CCOC(=O)C1=C(c2ccccc2)N=C2SC=C(CC(=O)NC(C)CC)N2C1c1cc(C)ccc1C. The van der Waals surface area contributed by atoms with Gasteiger partial charge in [0.1, 0.15) is 0 Å². The van der Waals surface area contributed by atoms with Gasteiger partial charge < -0.3 is 15.0 Å². The number of hydrogen-bond donors (Lipinski definition) is 1. The molecule has 0 radical (unpaired) electrons. The van der Waals surface area contributed by atoms with Crippen LogP contribution in [0.25, 0.3) is 5.70 Å². The van der Waals surface area contributed by atoms with Crippen molar-refractivity contribution in [2.75, 3.05) is 6.61 Å². The first kappa shape index (κ1) is 25.8. The average molecular weight is 504 g/mol. The molecule has 4 rings (SSSR count). The van der Waals surface area contributed by atoms with E-state index in [1.54, 1.807) is 6.92 Å². The zero-order chi connectivity index (χ0) is 25.8. The zero-order valence-electron chi connectivity index (χ0n) is 21.5. The quantitative estimate of drug-likeness (QED) is 0.455. The van der Waals surface area contributed by atoms with Crippen LogP contribution in [0.4, 0.5) is 0 Å². The number of amidine groups is 1. The molecular formula is C29H33N3O3S. The van der Waals surface area contributed by atoms with E-state index in [1.165, 1.54) is 11.8 Å². The fraction of sp³-hybridized carbons (Fsp3) is 0.345. The Bertz CT molecular complexity index is 1250. The van der Waals surface area contributed by atoms with Crippen molar-refractivity contribution in [1.82, 2.24) is 10.2 Å². The summed E-state index contributed by atoms with van der Waals surface area (Å²) < 4.78 is 5.59. The molecule has 0 bridgehead atoms. The van der Waals surface area contributed by atoms with Crippen LogP contribution in [0.1, 0.15) is 61.9 Å². The van der Waals surface area contributed by atoms with Gasteiger partial charge in [-0.1, -0.05) is 72.8 Å². The van der Waals surface area contributed by atoms with Crippen molar-refractivity contribution >= 4 is 34.5 Å². The Morgan fingerprint density at radius 2 is 1.89 bits per heavy atom. The van der Waals surface area contributed by atoms with E-state index in [1.807, 2.05) is 68.3 Å². The number of nitrogens with zero attached hydrogens (tertiary/aromatic N) is 2. The smallest absolute Gasteiger partial charge is 0.338 e. The molecule has 2 aromatic rings. The Morgan fingerprint density at radius 3 is 2.58 bits per heavy atom. The molecule has 2 atom stereocenters. The molecule has 1 amide bonds. The van der Waals surface area contributed by atoms with Crippen molar-refractivity contribution in [3.05, 3.63) is 87.5 Å². The minimum atomic E-state index is -0.468. The molecule has 2 aliphatic rings. The van der Waals surface area contributed by atoms with Crippen LogP contribution in [-0.2, 0) is 14.3 Å². The maximum absolute atomic E-state index is 13.6. The molecule has 2 heterocycles. The highest BCUT2D eigenvalue weighted by molar-refractivity contribution is 8.16. The van der Waals surface area contributed by atoms with Crippen LogP contribution in [-0.4, -0.2) is 34.6 Å². The molecule has 0 saturated carbocycles. The van der Waals surface area contributed by atoms with Gasteiger partial charge in [-0.05, 0) is 50.7 Å². The number of amides is 1. The second-order valence-electron chi connectivity index (χ2n) is 9.16. The molecule has 36 heavy (non-hydrogen) atoms. The normalized spacial score (nSPS) is 17.8. The maximum Gasteiger partial charge on any atom is 0.338 e. The predicted molar refractivity (Wildman–Crippen MR) is 146 cm³/mol. The second-order valence-corrected chi connectivity index (χ2v) is 9.99. The molecule has 2 unspecified atom stereocenters. The maximum atomic E-state index is 13.6. The van der Waals surface area contributed by atoms with Crippen LogP contribution < -0.4 is 5.32 Å². The summed E-state index contributed by atoms with van der Waals surface area (Å²) in [6, 6.07) is 15.6. The first-order chi connectivity index (χ1) is 17.3. The third-order valence-electron chi connectivity index (χ3n) is 6.44. The fourth-order valence-electron chi connectivity index (χ4n) is 4.43. The minimum absolute atomic E-state index is 0.0484. The standard InChI is InChI=1S/C29H33N3O3S/c1-6-20(5)30-24(33)16-22-17-36-29-31-26(21-11-9-8-10-12-21)25(28(34)35-7-2)27(32(22)29)23-15-18(3)13-14-19(23)4/h8-15,17,20,27H,6-7,16H2,1-5H3,(H,30,33). The number of nitrogens with one attached hydrogen (secondary N) is 1. The first-order valence-electron chi connectivity index (χ1n) is 12.4. The molecule has 0 aromatic heterocycles. The van der Waals surface area contributed by atoms with E-state index in [-0.39, 0.29) is 25.0 Å². The number of esters is 1. The van der Waals surface area contributed by atoms with E-state index >= 15 is 0 Å². The van der Waals surface area contributed by atoms with Gasteiger partial charge >= 0.3 is 5.97 Å². The third kappa shape index (κ3) is 5.26. The number of ether oxygens (including phenoxy) is 1. The van der Waals surface area contributed by atoms with E-state index in [0.29, 0.717) is 11.3 Å². The van der Waals surface area contributed by atoms with Gasteiger partial charge in [0.2, 0.25) is 5.91 Å². The van der Waals surface area contributed by atoms with Crippen molar-refractivity contribution in [2.45, 2.75) is 59.5 Å². The molecule has 1 N–H and O–H groups in total. The second kappa shape index (κ2) is 11.2. The van der Waals surface area contributed by atoms with E-state index in [0.717, 1.165) is 39.5 Å². The van der Waals surface area contributed by atoms with Gasteiger partial charge in [0.25, 0.3) is 0 Å². The summed E-state index contributed by atoms with van der Waals surface area (Å²) >= 11 is 1.48. The highest BCUT2D eigenvalue weighted by Gasteiger charge is 2.42. The van der Waals surface area contributed by atoms with Gasteiger partial charge in [0, 0.05) is 17.3 Å². The van der Waals surface area contributed by atoms with Gasteiger partial charge in [-0.3, -0.25) is 4.79 Å². The van der Waals surface area contributed by atoms with Crippen molar-refractivity contribution in [3.8, 4) is 0 Å². The molecule has 0 saturated heterocycles. The summed E-state index contributed by atoms with van der Waals surface area (Å²) in [4.78, 5) is 33.5. The Hall–Kier alpha value is -3.32. The third-order valence-corrected chi connectivity index (χ3v) is 7.33. The molecule has 188 valence electrons. The predicted octanol–water partition coefficient (Wildman–Crippen LogP) is 5.88. The van der Waals surface area contributed by atoms with Gasteiger partial charge in [0.15, 0.2) is 5.17 Å². The van der Waals surface area contributed by atoms with Crippen molar-refractivity contribution in [1.29, 1.82) is 0 Å². The highest BCUT2D eigenvalue weighted by Crippen LogP contribution is 2.47. The van der Waals surface area contributed by atoms with Crippen LogP contribution in [0.15, 0.2) is 70.2 Å². The fourth-order valence-corrected chi connectivity index (χ4v) is 5.35. The largest absolute Gasteiger partial charge is 0.463 e. The lowest BCUT2D eigenvalue weighted by Crippen LogP contribution is -2.39. The number of carbonyl (C=O) groups is 2. The number of fused-ring (bicyclic) bond motifs is 1. The van der Waals surface area contributed by atoms with Crippen molar-refractivity contribution < 1.29 is 14.3 Å². The number of thioether (sulfide) groups is 1. The topological polar surface area (TPSA) is 71.0 Å². The summed E-state index contributed by atoms with van der Waals surface area (Å²) in [7, 11) is 0. The van der Waals surface area contributed by atoms with Crippen LogP contribution in [0, 0.1) is 13.8 Å². The number of benzene rings is 2. The lowest BCUT2D eigenvalue weighted by atomic mass is 9.88. The number of carbonyl (C=O) groups excluding carboxylic acids is 2. The highest BCUT2D eigenvalue weighted by atomic mass is 32.2. The summed E-state index contributed by atoms with van der Waals surface area (Å²) in [5.74, 6) is -0.446. The average Bonchev–Trinajstić information content (AvgIpc) is 3.27. The summed E-state index contributed by atoms with van der Waals surface area (Å²) in [6.45, 7) is 10.2. The number of hydrogen-bond acceptors (Lipinski definition) is 6. The molecule has 7 heteroatoms. The zero-order valence-corrected chi connectivity index (χ0v) is 22.3.